The molecule has 0 aromatic carbocycles. The molecule has 1 aliphatic rings. The molecule has 0 saturated carbocycles. The molecule has 0 aliphatic carbocycles. The van der Waals surface area contributed by atoms with E-state index in [4.69, 9.17) is 14.2 Å². The second-order valence-electron chi connectivity index (χ2n) is 23.6. The van der Waals surface area contributed by atoms with Crippen molar-refractivity contribution in [2.45, 2.75) is 352 Å². The van der Waals surface area contributed by atoms with Crippen LogP contribution in [-0.4, -0.2) is 99.6 Å². The van der Waals surface area contributed by atoms with Crippen molar-refractivity contribution in [1.82, 2.24) is 5.32 Å². The van der Waals surface area contributed by atoms with E-state index in [1.807, 2.05) is 6.08 Å². The zero-order valence-electron chi connectivity index (χ0n) is 52.9. The number of esters is 1. The first kappa shape index (κ1) is 77.1. The topological polar surface area (TPSA) is 175 Å². The van der Waals surface area contributed by atoms with Crippen LogP contribution in [0.25, 0.3) is 0 Å². The molecule has 1 aliphatic heterocycles. The van der Waals surface area contributed by atoms with Gasteiger partial charge in [-0.05, 0) is 89.9 Å². The van der Waals surface area contributed by atoms with Crippen LogP contribution in [-0.2, 0) is 23.8 Å². The summed E-state index contributed by atoms with van der Waals surface area (Å²) in [5.74, 6) is -1.20. The Balaban J connectivity index is 2.58. The third kappa shape index (κ3) is 45.5. The highest BCUT2D eigenvalue weighted by atomic mass is 16.7. The first-order chi connectivity index (χ1) is 40.2. The Morgan fingerprint density at radius 2 is 0.878 bits per heavy atom. The molecular weight excluding hydrogens is 1030 g/mol. The fourth-order valence-corrected chi connectivity index (χ4v) is 10.4. The lowest BCUT2D eigenvalue weighted by molar-refractivity contribution is -0.305. The summed E-state index contributed by atoms with van der Waals surface area (Å²) in [6, 6.07) is -1.03. The third-order valence-electron chi connectivity index (χ3n) is 15.9. The molecule has 0 spiro atoms. The predicted molar refractivity (Wildman–Crippen MR) is 343 cm³/mol. The Hall–Kier alpha value is -2.90. The van der Waals surface area contributed by atoms with Crippen LogP contribution in [0.3, 0.4) is 0 Å². The van der Waals surface area contributed by atoms with Crippen molar-refractivity contribution in [3.8, 4) is 0 Å². The van der Waals surface area contributed by atoms with Crippen molar-refractivity contribution in [1.29, 1.82) is 0 Å². The number of aliphatic hydroxyl groups excluding tert-OH is 5. The average Bonchev–Trinajstić information content (AvgIpc) is 3.68. The summed E-state index contributed by atoms with van der Waals surface area (Å²) >= 11 is 0. The maximum absolute atomic E-state index is 13.5. The van der Waals surface area contributed by atoms with Crippen LogP contribution in [0.5, 0.6) is 0 Å². The van der Waals surface area contributed by atoms with Crippen molar-refractivity contribution in [3.05, 3.63) is 72.9 Å². The number of aliphatic hydroxyl groups is 5. The van der Waals surface area contributed by atoms with Gasteiger partial charge in [0.25, 0.3) is 0 Å². The molecule has 82 heavy (non-hydrogen) atoms. The van der Waals surface area contributed by atoms with Crippen LogP contribution >= 0.6 is 0 Å². The molecule has 0 aromatic heterocycles. The molecule has 1 amide bonds. The zero-order valence-corrected chi connectivity index (χ0v) is 52.9. The van der Waals surface area contributed by atoms with Gasteiger partial charge in [-0.3, -0.25) is 9.59 Å². The highest BCUT2D eigenvalue weighted by Gasteiger charge is 2.47. The Morgan fingerprint density at radius 3 is 1.35 bits per heavy atom. The van der Waals surface area contributed by atoms with Crippen molar-refractivity contribution in [2.24, 2.45) is 0 Å². The van der Waals surface area contributed by atoms with Gasteiger partial charge in [-0.25, -0.2) is 0 Å². The van der Waals surface area contributed by atoms with Gasteiger partial charge in [-0.2, -0.15) is 0 Å². The molecule has 0 bridgehead atoms. The lowest BCUT2D eigenvalue weighted by atomic mass is 9.99. The molecule has 8 atom stereocenters. The lowest BCUT2D eigenvalue weighted by Gasteiger charge is -2.41. The van der Waals surface area contributed by atoms with E-state index in [1.54, 1.807) is 6.08 Å². The summed E-state index contributed by atoms with van der Waals surface area (Å²) in [5, 5.41) is 57.1. The third-order valence-corrected chi connectivity index (χ3v) is 15.9. The van der Waals surface area contributed by atoms with Crippen LogP contribution in [0.1, 0.15) is 303 Å². The molecule has 1 fully saturated rings. The first-order valence-electron chi connectivity index (χ1n) is 34.2. The molecule has 0 radical (unpaired) electrons. The van der Waals surface area contributed by atoms with Gasteiger partial charge in [-0.1, -0.05) is 280 Å². The Morgan fingerprint density at radius 1 is 0.488 bits per heavy atom. The normalized spacial score (nSPS) is 19.0. The monoisotopic (exact) mass is 1150 g/mol. The summed E-state index contributed by atoms with van der Waals surface area (Å²) in [6.45, 7) is 5.74. The van der Waals surface area contributed by atoms with Crippen molar-refractivity contribution in [3.63, 3.8) is 0 Å². The molecule has 8 unspecified atom stereocenters. The molecule has 1 rings (SSSR count). The molecule has 0 aromatic rings. The molecule has 1 heterocycles. The van der Waals surface area contributed by atoms with E-state index in [9.17, 15) is 35.1 Å². The minimum atomic E-state index is -1.62. The van der Waals surface area contributed by atoms with E-state index in [2.05, 4.69) is 86.8 Å². The number of hydrogen-bond donors (Lipinski definition) is 6. The Bertz CT molecular complexity index is 1610. The minimum absolute atomic E-state index is 0.109. The first-order valence-corrected chi connectivity index (χ1v) is 34.2. The number of ether oxygens (including phenoxy) is 3. The maximum atomic E-state index is 13.5. The number of carbonyl (C=O) groups is 2. The van der Waals surface area contributed by atoms with Gasteiger partial charge in [0.2, 0.25) is 5.91 Å². The standard InChI is InChI=1S/C71H127NO10/c1-4-7-10-13-16-19-22-25-27-28-29-30-31-32-33-34-35-36-37-39-40-43-46-49-52-55-58-64(75)70(79)72-62(63(74)57-54-51-48-45-42-24-21-18-15-12-9-6-3)61-80-71-69(68(78)67(77)65(60-73)81-71)82-66(76)59-56-53-50-47-44-41-38-26-23-20-17-14-11-8-5-2/h16-17,19-20,23,25-27,29-30,54,57,62-65,67-69,71,73-75,77-78H,4-15,18,21-22,24,28,31-53,55-56,58-61H2,1-3H3,(H,72,79)/b19-16-,20-17+,26-23+,27-25-,30-29-,57-54+. The van der Waals surface area contributed by atoms with Crippen molar-refractivity contribution < 1.29 is 49.3 Å². The smallest absolute Gasteiger partial charge is 0.306 e. The molecule has 1 saturated heterocycles. The zero-order chi connectivity index (χ0) is 59.6. The Kier molecular flexibility index (Phi) is 55.0. The second kappa shape index (κ2) is 58.5. The summed E-state index contributed by atoms with van der Waals surface area (Å²) in [4.78, 5) is 26.6. The van der Waals surface area contributed by atoms with E-state index in [0.717, 1.165) is 96.3 Å². The molecule has 11 nitrogen and oxygen atoms in total. The van der Waals surface area contributed by atoms with E-state index >= 15 is 0 Å². The summed E-state index contributed by atoms with van der Waals surface area (Å²) in [7, 11) is 0. The summed E-state index contributed by atoms with van der Waals surface area (Å²) in [5.41, 5.74) is 0. The molecular formula is C71H127NO10. The van der Waals surface area contributed by atoms with Crippen LogP contribution < -0.4 is 5.32 Å². The number of nitrogens with one attached hydrogen (secondary N) is 1. The van der Waals surface area contributed by atoms with E-state index in [1.165, 1.54) is 161 Å². The second-order valence-corrected chi connectivity index (χ2v) is 23.6. The minimum Gasteiger partial charge on any atom is -0.454 e. The van der Waals surface area contributed by atoms with Gasteiger partial charge in [0, 0.05) is 6.42 Å². The lowest BCUT2D eigenvalue weighted by Crippen LogP contribution is -2.61. The summed E-state index contributed by atoms with van der Waals surface area (Å²) < 4.78 is 17.6. The van der Waals surface area contributed by atoms with Gasteiger partial charge in [0.15, 0.2) is 12.4 Å². The van der Waals surface area contributed by atoms with Crippen molar-refractivity contribution in [2.75, 3.05) is 13.2 Å². The fourth-order valence-electron chi connectivity index (χ4n) is 10.4. The highest BCUT2D eigenvalue weighted by Crippen LogP contribution is 2.26. The van der Waals surface area contributed by atoms with Gasteiger partial charge >= 0.3 is 5.97 Å². The van der Waals surface area contributed by atoms with Crippen molar-refractivity contribution >= 4 is 11.9 Å². The van der Waals surface area contributed by atoms with Gasteiger partial charge in [0.1, 0.15) is 24.4 Å². The number of rotatable bonds is 58. The van der Waals surface area contributed by atoms with E-state index < -0.39 is 67.4 Å². The van der Waals surface area contributed by atoms with Crippen LogP contribution in [0.4, 0.5) is 0 Å². The number of unbranched alkanes of at least 4 members (excludes halogenated alkanes) is 35. The summed E-state index contributed by atoms with van der Waals surface area (Å²) in [6.07, 6.45) is 65.1. The maximum Gasteiger partial charge on any atom is 0.306 e. The molecule has 6 N–H and O–H groups in total. The van der Waals surface area contributed by atoms with Crippen LogP contribution in [0.2, 0.25) is 0 Å². The highest BCUT2D eigenvalue weighted by molar-refractivity contribution is 5.80. The van der Waals surface area contributed by atoms with Crippen LogP contribution in [0, 0.1) is 0 Å². The average molecular weight is 1150 g/mol. The quantitative estimate of drug-likeness (QED) is 0.0149. The van der Waals surface area contributed by atoms with E-state index in [-0.39, 0.29) is 19.4 Å². The SMILES string of the molecule is CCCCC/C=C\C/C=C\C/C=C\CCCCCCCCCCCCCCCC(O)C(=O)NC(COC1OC(CO)C(O)C(O)C1OC(=O)CCCCCCCC/C=C/C=C/CCCCC)C(O)/C=C/CCCCCCCCCCCC. The number of amides is 1. The predicted octanol–water partition coefficient (Wildman–Crippen LogP) is 17.1. The molecule has 476 valence electrons. The number of allylic oxidation sites excluding steroid dienone is 11. The number of carbonyl (C=O) groups excluding carboxylic acids is 2. The van der Waals surface area contributed by atoms with Gasteiger partial charge < -0.3 is 45.1 Å². The fraction of sp³-hybridized carbons (Fsp3) is 0.803. The molecule has 11 heteroatoms. The van der Waals surface area contributed by atoms with Gasteiger partial charge in [-0.15, -0.1) is 0 Å². The van der Waals surface area contributed by atoms with E-state index in [0.29, 0.717) is 12.8 Å². The van der Waals surface area contributed by atoms with Crippen LogP contribution in [0.15, 0.2) is 72.9 Å². The Labute approximate surface area is 502 Å². The van der Waals surface area contributed by atoms with Gasteiger partial charge in [0.05, 0.1) is 25.4 Å². The number of hydrogen-bond acceptors (Lipinski definition) is 10. The largest absolute Gasteiger partial charge is 0.454 e.